The van der Waals surface area contributed by atoms with Crippen LogP contribution in [0.15, 0.2) is 64.4 Å². The highest BCUT2D eigenvalue weighted by atomic mass is 32.2. The Morgan fingerprint density at radius 3 is 1.52 bits per heavy atom. The van der Waals surface area contributed by atoms with Crippen LogP contribution in [0.1, 0.15) is 27.7 Å². The predicted molar refractivity (Wildman–Crippen MR) is 109 cm³/mol. The smallest absolute Gasteiger partial charge is 0.282 e. The summed E-state index contributed by atoms with van der Waals surface area (Å²) >= 11 is 0. The average molecular weight is 433 g/mol. The fraction of sp³-hybridized carbons (Fsp3) is 0.333. The van der Waals surface area contributed by atoms with E-state index in [9.17, 15) is 21.4 Å². The molecule has 0 aliphatic carbocycles. The molecule has 6 nitrogen and oxygen atoms in total. The van der Waals surface area contributed by atoms with Crippen LogP contribution in [0.25, 0.3) is 0 Å². The van der Waals surface area contributed by atoms with Gasteiger partial charge in [0, 0.05) is 0 Å². The molecule has 0 bridgehead atoms. The van der Waals surface area contributed by atoms with Crippen LogP contribution in [0.3, 0.4) is 0 Å². The lowest BCUT2D eigenvalue weighted by molar-refractivity contribution is 0.481. The highest BCUT2D eigenvalue weighted by Gasteiger charge is 2.25. The molecule has 0 heterocycles. The molecule has 9 heteroatoms. The van der Waals surface area contributed by atoms with E-state index in [1.54, 1.807) is 24.3 Å². The van der Waals surface area contributed by atoms with Gasteiger partial charge in [-0.25, -0.2) is 0 Å². The van der Waals surface area contributed by atoms with Crippen molar-refractivity contribution >= 4 is 33.5 Å². The summed E-state index contributed by atoms with van der Waals surface area (Å²) in [6, 6.07) is 14.2. The first kappa shape index (κ1) is 23.7. The van der Waals surface area contributed by atoms with Crippen molar-refractivity contribution in [3.63, 3.8) is 0 Å². The molecule has 150 valence electrons. The highest BCUT2D eigenvalue weighted by molar-refractivity contribution is 7.87. The molecule has 2 rings (SSSR count). The minimum atomic E-state index is -4.13. The molecule has 0 radical (unpaired) electrons. The molecule has 0 unspecified atom stereocenters. The number of hydrogen-bond acceptors (Lipinski definition) is 4. The lowest BCUT2D eigenvalue weighted by Crippen LogP contribution is -2.20. The van der Waals surface area contributed by atoms with Crippen molar-refractivity contribution in [1.29, 1.82) is 0 Å². The molecular formula is C18H25O6PS2. The van der Waals surface area contributed by atoms with E-state index in [4.69, 9.17) is 4.55 Å². The van der Waals surface area contributed by atoms with Gasteiger partial charge in [0.05, 0.1) is 4.90 Å². The molecule has 0 fully saturated rings. The monoisotopic (exact) mass is 432 g/mol. The maximum absolute atomic E-state index is 11.4. The molecule has 0 saturated heterocycles. The zero-order valence-electron chi connectivity index (χ0n) is 15.6. The van der Waals surface area contributed by atoms with Crippen molar-refractivity contribution in [3.05, 3.63) is 54.6 Å². The second-order valence-corrected chi connectivity index (χ2v) is 12.5. The molecule has 27 heavy (non-hydrogen) atoms. The Balaban J connectivity index is 0.000000309. The SMILES string of the molecule is CC(C)P(c1ccccc1S(=O)(=O)O)C(C)C.O=S(=O)(O)c1ccccc1. The summed E-state index contributed by atoms with van der Waals surface area (Å²) in [5.74, 6) is 0. The molecule has 0 aromatic heterocycles. The fourth-order valence-corrected chi connectivity index (χ4v) is 7.27. The summed E-state index contributed by atoms with van der Waals surface area (Å²) in [7, 11) is -8.73. The number of rotatable bonds is 5. The van der Waals surface area contributed by atoms with E-state index in [1.807, 2.05) is 12.1 Å². The first-order valence-electron chi connectivity index (χ1n) is 8.23. The molecule has 2 N–H and O–H groups in total. The molecule has 0 aliphatic heterocycles. The minimum Gasteiger partial charge on any atom is -0.282 e. The van der Waals surface area contributed by atoms with Gasteiger partial charge in [-0.1, -0.05) is 72.0 Å². The van der Waals surface area contributed by atoms with Crippen LogP contribution >= 0.6 is 7.92 Å². The molecule has 0 spiro atoms. The second kappa shape index (κ2) is 9.75. The quantitative estimate of drug-likeness (QED) is 0.550. The molecular weight excluding hydrogens is 407 g/mol. The van der Waals surface area contributed by atoms with Crippen LogP contribution < -0.4 is 5.30 Å². The van der Waals surface area contributed by atoms with Gasteiger partial charge in [-0.05, 0) is 34.8 Å². The van der Waals surface area contributed by atoms with Gasteiger partial charge in [-0.15, -0.1) is 0 Å². The third-order valence-electron chi connectivity index (χ3n) is 3.58. The largest absolute Gasteiger partial charge is 0.295 e. The minimum absolute atomic E-state index is 0.0634. The van der Waals surface area contributed by atoms with Crippen LogP contribution in [0.2, 0.25) is 0 Å². The van der Waals surface area contributed by atoms with Crippen LogP contribution in [0.5, 0.6) is 0 Å². The topological polar surface area (TPSA) is 109 Å². The van der Waals surface area contributed by atoms with Gasteiger partial charge in [0.1, 0.15) is 4.90 Å². The molecule has 0 saturated carbocycles. The van der Waals surface area contributed by atoms with Crippen molar-refractivity contribution in [3.8, 4) is 0 Å². The van der Waals surface area contributed by atoms with Gasteiger partial charge >= 0.3 is 0 Å². The summed E-state index contributed by atoms with van der Waals surface area (Å²) in [6.45, 7) is 8.36. The zero-order valence-corrected chi connectivity index (χ0v) is 18.2. The van der Waals surface area contributed by atoms with E-state index >= 15 is 0 Å². The molecule has 0 amide bonds. The second-order valence-electron chi connectivity index (χ2n) is 6.33. The third-order valence-corrected chi connectivity index (χ3v) is 8.68. The molecule has 0 atom stereocenters. The normalized spacial score (nSPS) is 12.2. The summed E-state index contributed by atoms with van der Waals surface area (Å²) in [5.41, 5.74) is 0.765. The van der Waals surface area contributed by atoms with E-state index in [2.05, 4.69) is 27.7 Å². The van der Waals surface area contributed by atoms with Crippen molar-refractivity contribution in [2.75, 3.05) is 0 Å². The lowest BCUT2D eigenvalue weighted by Gasteiger charge is -2.27. The highest BCUT2D eigenvalue weighted by Crippen LogP contribution is 2.46. The van der Waals surface area contributed by atoms with E-state index in [-0.39, 0.29) is 9.79 Å². The van der Waals surface area contributed by atoms with E-state index in [0.717, 1.165) is 5.30 Å². The van der Waals surface area contributed by atoms with Gasteiger partial charge in [-0.3, -0.25) is 9.11 Å². The Hall–Kier alpha value is -1.31. The summed E-state index contributed by atoms with van der Waals surface area (Å²) < 4.78 is 61.2. The van der Waals surface area contributed by atoms with Crippen molar-refractivity contribution in [2.24, 2.45) is 0 Å². The molecule has 2 aromatic rings. The van der Waals surface area contributed by atoms with Gasteiger partial charge < -0.3 is 0 Å². The fourth-order valence-electron chi connectivity index (χ4n) is 2.63. The molecule has 0 aliphatic rings. The van der Waals surface area contributed by atoms with E-state index in [0.29, 0.717) is 11.3 Å². The van der Waals surface area contributed by atoms with E-state index < -0.39 is 28.2 Å². The maximum Gasteiger partial charge on any atom is 0.295 e. The predicted octanol–water partition coefficient (Wildman–Crippen LogP) is 3.79. The summed E-state index contributed by atoms with van der Waals surface area (Å²) in [6.07, 6.45) is 0. The summed E-state index contributed by atoms with van der Waals surface area (Å²) in [5, 5.41) is 0.773. The Morgan fingerprint density at radius 1 is 0.704 bits per heavy atom. The van der Waals surface area contributed by atoms with Crippen molar-refractivity contribution in [2.45, 2.75) is 48.8 Å². The lowest BCUT2D eigenvalue weighted by atomic mass is 10.4. The molecule has 2 aromatic carbocycles. The third kappa shape index (κ3) is 7.31. The summed E-state index contributed by atoms with van der Waals surface area (Å²) in [4.78, 5) is -0.0106. The van der Waals surface area contributed by atoms with Crippen LogP contribution in [-0.2, 0) is 20.2 Å². The Morgan fingerprint density at radius 2 is 1.15 bits per heavy atom. The van der Waals surface area contributed by atoms with Gasteiger partial charge in [0.15, 0.2) is 0 Å². The first-order chi connectivity index (χ1) is 12.4. The zero-order chi connectivity index (χ0) is 20.8. The Labute approximate surface area is 162 Å². The van der Waals surface area contributed by atoms with Crippen LogP contribution in [-0.4, -0.2) is 37.3 Å². The number of benzene rings is 2. The standard InChI is InChI=1S/C12H19O3PS.C6H6O3S/c1-9(2)16(10(3)4)11-7-5-6-8-12(11)17(13,14)15;7-10(8,9)6-4-2-1-3-5-6/h5-10H,1-4H3,(H,13,14,15);1-5H,(H,7,8,9). The Bertz CT molecular complexity index is 931. The van der Waals surface area contributed by atoms with E-state index in [1.165, 1.54) is 18.2 Å². The average Bonchev–Trinajstić information content (AvgIpc) is 2.54. The Kier molecular flexibility index (Phi) is 8.57. The van der Waals surface area contributed by atoms with Crippen LogP contribution in [0, 0.1) is 0 Å². The first-order valence-corrected chi connectivity index (χ1v) is 12.6. The number of hydrogen-bond donors (Lipinski definition) is 2. The van der Waals surface area contributed by atoms with Gasteiger partial charge in [0.2, 0.25) is 0 Å². The van der Waals surface area contributed by atoms with Crippen LogP contribution in [0.4, 0.5) is 0 Å². The van der Waals surface area contributed by atoms with Crippen molar-refractivity contribution < 1.29 is 25.9 Å². The van der Waals surface area contributed by atoms with Gasteiger partial charge in [-0.2, -0.15) is 16.8 Å². The van der Waals surface area contributed by atoms with Gasteiger partial charge in [0.25, 0.3) is 20.2 Å². The maximum atomic E-state index is 11.4. The van der Waals surface area contributed by atoms with Crippen molar-refractivity contribution in [1.82, 2.24) is 0 Å².